The van der Waals surface area contributed by atoms with Crippen LogP contribution in [0.5, 0.6) is 0 Å². The molecular weight excluding hydrogens is 342 g/mol. The highest BCUT2D eigenvalue weighted by Gasteiger charge is 2.34. The van der Waals surface area contributed by atoms with E-state index < -0.39 is 0 Å². The standard InChI is InChI=1S/C26H23NO/c28-25-12-6-11-24(25)26-23-10-5-4-9-21(23)17-18-27(26)22-15-13-20(14-16-22)19-7-2-1-3-8-19/h1-5,7-11,13-16,26H,6,12,17-18H2/t26-/m0/s1. The van der Waals surface area contributed by atoms with E-state index in [4.69, 9.17) is 0 Å². The number of hydrogen-bond donors (Lipinski definition) is 0. The van der Waals surface area contributed by atoms with Gasteiger partial charge in [-0.15, -0.1) is 0 Å². The van der Waals surface area contributed by atoms with Crippen LogP contribution in [0.1, 0.15) is 30.0 Å². The van der Waals surface area contributed by atoms with Gasteiger partial charge in [-0.3, -0.25) is 4.79 Å². The van der Waals surface area contributed by atoms with E-state index in [0.29, 0.717) is 12.2 Å². The summed E-state index contributed by atoms with van der Waals surface area (Å²) < 4.78 is 0. The summed E-state index contributed by atoms with van der Waals surface area (Å²) in [7, 11) is 0. The Morgan fingerprint density at radius 2 is 1.46 bits per heavy atom. The number of benzene rings is 3. The molecule has 1 atom stereocenters. The van der Waals surface area contributed by atoms with Crippen molar-refractivity contribution in [3.63, 3.8) is 0 Å². The van der Waals surface area contributed by atoms with Crippen LogP contribution < -0.4 is 4.90 Å². The highest BCUT2D eigenvalue weighted by Crippen LogP contribution is 2.41. The lowest BCUT2D eigenvalue weighted by Crippen LogP contribution is -2.37. The van der Waals surface area contributed by atoms with E-state index in [1.165, 1.54) is 27.9 Å². The molecule has 28 heavy (non-hydrogen) atoms. The molecule has 0 amide bonds. The zero-order chi connectivity index (χ0) is 18.9. The number of ketones is 1. The highest BCUT2D eigenvalue weighted by molar-refractivity contribution is 5.99. The monoisotopic (exact) mass is 365 g/mol. The van der Waals surface area contributed by atoms with E-state index in [1.807, 2.05) is 6.07 Å². The molecule has 0 bridgehead atoms. The van der Waals surface area contributed by atoms with Gasteiger partial charge in [0.1, 0.15) is 0 Å². The number of Topliss-reactive ketones (excluding diaryl/α,β-unsaturated/α-hetero) is 1. The van der Waals surface area contributed by atoms with Gasteiger partial charge in [-0.05, 0) is 47.2 Å². The van der Waals surface area contributed by atoms with E-state index in [-0.39, 0.29) is 6.04 Å². The summed E-state index contributed by atoms with van der Waals surface area (Å²) in [5, 5.41) is 0. The molecule has 0 saturated heterocycles. The predicted molar refractivity (Wildman–Crippen MR) is 114 cm³/mol. The maximum Gasteiger partial charge on any atom is 0.161 e. The van der Waals surface area contributed by atoms with Crippen molar-refractivity contribution < 1.29 is 4.79 Å². The number of hydrogen-bond acceptors (Lipinski definition) is 2. The van der Waals surface area contributed by atoms with Gasteiger partial charge >= 0.3 is 0 Å². The minimum atomic E-state index is 0.0301. The molecule has 0 aromatic heterocycles. The number of nitrogens with zero attached hydrogens (tertiary/aromatic N) is 1. The largest absolute Gasteiger partial charge is 0.360 e. The Labute approximate surface area is 166 Å². The fraction of sp³-hybridized carbons (Fsp3) is 0.192. The van der Waals surface area contributed by atoms with Crippen molar-refractivity contribution in [2.75, 3.05) is 11.4 Å². The van der Waals surface area contributed by atoms with E-state index in [9.17, 15) is 4.79 Å². The normalized spacial score (nSPS) is 18.7. The fourth-order valence-corrected chi connectivity index (χ4v) is 4.54. The van der Waals surface area contributed by atoms with Gasteiger partial charge in [0.05, 0.1) is 6.04 Å². The molecule has 138 valence electrons. The van der Waals surface area contributed by atoms with E-state index in [0.717, 1.165) is 25.0 Å². The lowest BCUT2D eigenvalue weighted by atomic mass is 9.87. The summed E-state index contributed by atoms with van der Waals surface area (Å²) in [6.45, 7) is 0.928. The molecule has 2 aliphatic rings. The SMILES string of the molecule is O=C1CCC=C1[C@@H]1c2ccccc2CCN1c1ccc(-c2ccccc2)cc1. The third-order valence-electron chi connectivity index (χ3n) is 5.94. The van der Waals surface area contributed by atoms with Crippen LogP contribution in [0.2, 0.25) is 0 Å². The number of carbonyl (C=O) groups excluding carboxylic acids is 1. The van der Waals surface area contributed by atoms with Gasteiger partial charge in [0.2, 0.25) is 0 Å². The minimum absolute atomic E-state index is 0.0301. The van der Waals surface area contributed by atoms with Crippen molar-refractivity contribution in [1.82, 2.24) is 0 Å². The zero-order valence-corrected chi connectivity index (χ0v) is 15.8. The predicted octanol–water partition coefficient (Wildman–Crippen LogP) is 5.75. The molecule has 0 radical (unpaired) electrons. The van der Waals surface area contributed by atoms with Gasteiger partial charge in [-0.1, -0.05) is 72.8 Å². The van der Waals surface area contributed by atoms with Gasteiger partial charge in [-0.2, -0.15) is 0 Å². The van der Waals surface area contributed by atoms with Crippen molar-refractivity contribution in [2.45, 2.75) is 25.3 Å². The lowest BCUT2D eigenvalue weighted by molar-refractivity contribution is -0.115. The van der Waals surface area contributed by atoms with Crippen LogP contribution in [0.4, 0.5) is 5.69 Å². The average molecular weight is 365 g/mol. The quantitative estimate of drug-likeness (QED) is 0.589. The Hall–Kier alpha value is -3.13. The molecule has 0 unspecified atom stereocenters. The summed E-state index contributed by atoms with van der Waals surface area (Å²) in [6.07, 6.45) is 4.68. The Morgan fingerprint density at radius 3 is 2.21 bits per heavy atom. The first-order valence-electron chi connectivity index (χ1n) is 10.0. The summed E-state index contributed by atoms with van der Waals surface area (Å²) in [6, 6.07) is 27.8. The highest BCUT2D eigenvalue weighted by atomic mass is 16.1. The van der Waals surface area contributed by atoms with Gasteiger partial charge in [0, 0.05) is 24.2 Å². The van der Waals surface area contributed by atoms with Crippen LogP contribution in [0.3, 0.4) is 0 Å². The van der Waals surface area contributed by atoms with E-state index in [1.54, 1.807) is 0 Å². The van der Waals surface area contributed by atoms with Gasteiger partial charge in [-0.25, -0.2) is 0 Å². The van der Waals surface area contributed by atoms with Crippen molar-refractivity contribution in [2.24, 2.45) is 0 Å². The maximum absolute atomic E-state index is 12.6. The van der Waals surface area contributed by atoms with Crippen molar-refractivity contribution >= 4 is 11.5 Å². The average Bonchev–Trinajstić information content (AvgIpc) is 3.19. The molecule has 0 spiro atoms. The fourth-order valence-electron chi connectivity index (χ4n) is 4.54. The second kappa shape index (κ2) is 7.12. The third-order valence-corrected chi connectivity index (χ3v) is 5.94. The van der Waals surface area contributed by atoms with Crippen LogP contribution >= 0.6 is 0 Å². The van der Waals surface area contributed by atoms with Gasteiger partial charge < -0.3 is 4.90 Å². The lowest BCUT2D eigenvalue weighted by Gasteiger charge is -2.39. The second-order valence-electron chi connectivity index (χ2n) is 7.58. The first kappa shape index (κ1) is 17.0. The molecule has 0 saturated carbocycles. The molecule has 3 aromatic rings. The maximum atomic E-state index is 12.6. The van der Waals surface area contributed by atoms with Gasteiger partial charge in [0.25, 0.3) is 0 Å². The zero-order valence-electron chi connectivity index (χ0n) is 15.8. The molecule has 3 aromatic carbocycles. The molecule has 1 aliphatic heterocycles. The van der Waals surface area contributed by atoms with Crippen molar-refractivity contribution in [1.29, 1.82) is 0 Å². The number of fused-ring (bicyclic) bond motifs is 1. The molecule has 1 aliphatic carbocycles. The van der Waals surface area contributed by atoms with E-state index >= 15 is 0 Å². The topological polar surface area (TPSA) is 20.3 Å². The number of anilines is 1. The Bertz CT molecular complexity index is 1030. The Morgan fingerprint density at radius 1 is 0.750 bits per heavy atom. The van der Waals surface area contributed by atoms with Crippen LogP contribution in [-0.4, -0.2) is 12.3 Å². The first-order chi connectivity index (χ1) is 13.8. The van der Waals surface area contributed by atoms with Crippen molar-refractivity contribution in [3.05, 3.63) is 102 Å². The molecule has 0 fully saturated rings. The first-order valence-corrected chi connectivity index (χ1v) is 10.0. The summed E-state index contributed by atoms with van der Waals surface area (Å²) >= 11 is 0. The number of rotatable bonds is 3. The molecule has 1 heterocycles. The summed E-state index contributed by atoms with van der Waals surface area (Å²) in [5.41, 5.74) is 7.24. The summed E-state index contributed by atoms with van der Waals surface area (Å²) in [5.74, 6) is 0.299. The van der Waals surface area contributed by atoms with Crippen LogP contribution in [-0.2, 0) is 11.2 Å². The number of allylic oxidation sites excluding steroid dienone is 1. The molecule has 0 N–H and O–H groups in total. The minimum Gasteiger partial charge on any atom is -0.360 e. The molecule has 2 heteroatoms. The third kappa shape index (κ3) is 2.95. The Kier molecular flexibility index (Phi) is 4.32. The molecular formula is C26H23NO. The number of carbonyl (C=O) groups is 1. The molecule has 2 nitrogen and oxygen atoms in total. The van der Waals surface area contributed by atoms with Crippen LogP contribution in [0, 0.1) is 0 Å². The Balaban J connectivity index is 1.54. The molecule has 5 rings (SSSR count). The van der Waals surface area contributed by atoms with Crippen molar-refractivity contribution in [3.8, 4) is 11.1 Å². The smallest absolute Gasteiger partial charge is 0.161 e. The van der Waals surface area contributed by atoms with Crippen LogP contribution in [0.25, 0.3) is 11.1 Å². The van der Waals surface area contributed by atoms with E-state index in [2.05, 4.69) is 83.8 Å². The van der Waals surface area contributed by atoms with Crippen LogP contribution in [0.15, 0.2) is 90.5 Å². The second-order valence-corrected chi connectivity index (χ2v) is 7.58. The van der Waals surface area contributed by atoms with Gasteiger partial charge in [0.15, 0.2) is 5.78 Å². The summed E-state index contributed by atoms with van der Waals surface area (Å²) in [4.78, 5) is 15.0.